The lowest BCUT2D eigenvalue weighted by atomic mass is 10.1. The number of fused-ring (bicyclic) bond motifs is 1. The molecule has 0 fully saturated rings. The summed E-state index contributed by atoms with van der Waals surface area (Å²) in [5, 5.41) is 5.22. The number of aromatic nitrogens is 4. The van der Waals surface area contributed by atoms with Crippen LogP contribution in [-0.4, -0.2) is 19.7 Å². The minimum absolute atomic E-state index is 0.246. The summed E-state index contributed by atoms with van der Waals surface area (Å²) in [7, 11) is 0. The molecule has 0 radical (unpaired) electrons. The van der Waals surface area contributed by atoms with Crippen molar-refractivity contribution >= 4 is 16.9 Å². The zero-order valence-corrected chi connectivity index (χ0v) is 14.1. The van der Waals surface area contributed by atoms with E-state index in [9.17, 15) is 0 Å². The highest BCUT2D eigenvalue weighted by atomic mass is 16.5. The minimum atomic E-state index is -0.246. The second-order valence-corrected chi connectivity index (χ2v) is 6.69. The molecule has 0 bridgehead atoms. The lowest BCUT2D eigenvalue weighted by molar-refractivity contribution is 0.349. The van der Waals surface area contributed by atoms with Crippen molar-refractivity contribution in [1.82, 2.24) is 19.7 Å². The maximum absolute atomic E-state index is 6.04. The standard InChI is InChI=1S/C17H21N5O/c1-10-6-7-12(8-11(10)2)23-16-13-14(18)19-9-20-15(13)22(21-16)17(3,4)5/h6-9H,1-5H3,(H2,18,19,20). The molecule has 0 unspecified atom stereocenters. The number of anilines is 1. The molecule has 0 atom stereocenters. The Labute approximate surface area is 135 Å². The van der Waals surface area contributed by atoms with Gasteiger partial charge >= 0.3 is 0 Å². The summed E-state index contributed by atoms with van der Waals surface area (Å²) in [5.74, 6) is 1.51. The summed E-state index contributed by atoms with van der Waals surface area (Å²) in [6, 6.07) is 5.93. The average molecular weight is 311 g/mol. The summed E-state index contributed by atoms with van der Waals surface area (Å²) in [6.45, 7) is 10.3. The molecule has 1 aromatic carbocycles. The first-order valence-electron chi connectivity index (χ1n) is 7.52. The van der Waals surface area contributed by atoms with Gasteiger partial charge in [-0.05, 0) is 57.9 Å². The van der Waals surface area contributed by atoms with Crippen LogP contribution in [0, 0.1) is 13.8 Å². The Morgan fingerprint density at radius 2 is 1.83 bits per heavy atom. The van der Waals surface area contributed by atoms with E-state index in [-0.39, 0.29) is 5.54 Å². The maximum Gasteiger partial charge on any atom is 0.251 e. The minimum Gasteiger partial charge on any atom is -0.437 e. The molecule has 6 heteroatoms. The van der Waals surface area contributed by atoms with E-state index in [4.69, 9.17) is 10.5 Å². The van der Waals surface area contributed by atoms with Gasteiger partial charge in [-0.1, -0.05) is 6.07 Å². The van der Waals surface area contributed by atoms with Crippen molar-refractivity contribution in [2.24, 2.45) is 0 Å². The predicted molar refractivity (Wildman–Crippen MR) is 90.7 cm³/mol. The lowest BCUT2D eigenvalue weighted by Crippen LogP contribution is -2.23. The maximum atomic E-state index is 6.04. The largest absolute Gasteiger partial charge is 0.437 e. The van der Waals surface area contributed by atoms with Crippen LogP contribution < -0.4 is 10.5 Å². The fourth-order valence-corrected chi connectivity index (χ4v) is 2.37. The van der Waals surface area contributed by atoms with Gasteiger partial charge in [0.1, 0.15) is 23.3 Å². The molecule has 23 heavy (non-hydrogen) atoms. The van der Waals surface area contributed by atoms with Gasteiger partial charge < -0.3 is 10.5 Å². The van der Waals surface area contributed by atoms with Crippen molar-refractivity contribution in [3.05, 3.63) is 35.7 Å². The molecule has 0 spiro atoms. The fourth-order valence-electron chi connectivity index (χ4n) is 2.37. The monoisotopic (exact) mass is 311 g/mol. The van der Waals surface area contributed by atoms with Crippen molar-refractivity contribution < 1.29 is 4.74 Å². The van der Waals surface area contributed by atoms with E-state index in [1.54, 1.807) is 0 Å². The van der Waals surface area contributed by atoms with Gasteiger partial charge in [-0.2, -0.15) is 0 Å². The number of rotatable bonds is 2. The van der Waals surface area contributed by atoms with Crippen molar-refractivity contribution in [2.75, 3.05) is 5.73 Å². The molecule has 2 aromatic heterocycles. The number of nitrogen functional groups attached to an aromatic ring is 1. The number of nitrogens with two attached hydrogens (primary N) is 1. The van der Waals surface area contributed by atoms with Crippen LogP contribution in [0.1, 0.15) is 31.9 Å². The predicted octanol–water partition coefficient (Wildman–Crippen LogP) is 3.57. The van der Waals surface area contributed by atoms with Crippen LogP contribution in [0.2, 0.25) is 0 Å². The highest BCUT2D eigenvalue weighted by Gasteiger charge is 2.24. The third-order valence-corrected chi connectivity index (χ3v) is 3.79. The van der Waals surface area contributed by atoms with Gasteiger partial charge in [0.15, 0.2) is 5.65 Å². The third kappa shape index (κ3) is 2.72. The van der Waals surface area contributed by atoms with Gasteiger partial charge in [-0.3, -0.25) is 0 Å². The Morgan fingerprint density at radius 1 is 1.09 bits per heavy atom. The number of hydrogen-bond acceptors (Lipinski definition) is 5. The molecule has 0 saturated carbocycles. The van der Waals surface area contributed by atoms with E-state index in [1.807, 2.05) is 29.8 Å². The Hall–Kier alpha value is -2.63. The van der Waals surface area contributed by atoms with Crippen LogP contribution >= 0.6 is 0 Å². The first-order valence-corrected chi connectivity index (χ1v) is 7.52. The molecule has 0 aliphatic rings. The fraction of sp³-hybridized carbons (Fsp3) is 0.353. The number of benzene rings is 1. The quantitative estimate of drug-likeness (QED) is 0.782. The Bertz CT molecular complexity index is 877. The molecule has 3 rings (SSSR count). The summed E-state index contributed by atoms with van der Waals surface area (Å²) in [4.78, 5) is 8.40. The Balaban J connectivity index is 2.15. The van der Waals surface area contributed by atoms with Crippen LogP contribution in [-0.2, 0) is 5.54 Å². The van der Waals surface area contributed by atoms with Crippen LogP contribution in [0.15, 0.2) is 24.5 Å². The summed E-state index contributed by atoms with van der Waals surface area (Å²) in [6.07, 6.45) is 1.45. The molecule has 6 nitrogen and oxygen atoms in total. The summed E-state index contributed by atoms with van der Waals surface area (Å²) < 4.78 is 7.81. The normalized spacial score (nSPS) is 11.9. The Kier molecular flexibility index (Phi) is 3.47. The molecule has 0 amide bonds. The Morgan fingerprint density at radius 3 is 2.48 bits per heavy atom. The van der Waals surface area contributed by atoms with Gasteiger partial charge in [0, 0.05) is 0 Å². The first-order chi connectivity index (χ1) is 10.8. The molecule has 0 aliphatic heterocycles. The molecule has 3 aromatic rings. The topological polar surface area (TPSA) is 78.8 Å². The van der Waals surface area contributed by atoms with Gasteiger partial charge in [-0.15, -0.1) is 5.10 Å². The van der Waals surface area contributed by atoms with Crippen molar-refractivity contribution in [2.45, 2.75) is 40.2 Å². The van der Waals surface area contributed by atoms with Crippen LogP contribution in [0.5, 0.6) is 11.6 Å². The van der Waals surface area contributed by atoms with Gasteiger partial charge in [0.2, 0.25) is 0 Å². The van der Waals surface area contributed by atoms with Crippen molar-refractivity contribution in [1.29, 1.82) is 0 Å². The van der Waals surface area contributed by atoms with E-state index < -0.39 is 0 Å². The molecular weight excluding hydrogens is 290 g/mol. The van der Waals surface area contributed by atoms with E-state index in [2.05, 4.69) is 42.8 Å². The zero-order valence-electron chi connectivity index (χ0n) is 14.1. The van der Waals surface area contributed by atoms with Crippen LogP contribution in [0.25, 0.3) is 11.0 Å². The molecule has 0 saturated heterocycles. The van der Waals surface area contributed by atoms with E-state index in [0.717, 1.165) is 11.3 Å². The molecular formula is C17H21N5O. The van der Waals surface area contributed by atoms with Gasteiger partial charge in [-0.25, -0.2) is 14.6 Å². The third-order valence-electron chi connectivity index (χ3n) is 3.79. The van der Waals surface area contributed by atoms with E-state index in [1.165, 1.54) is 11.9 Å². The molecule has 0 aliphatic carbocycles. The molecule has 2 N–H and O–H groups in total. The number of ether oxygens (including phenoxy) is 1. The number of aryl methyl sites for hydroxylation is 2. The summed E-state index contributed by atoms with van der Waals surface area (Å²) in [5.41, 5.74) is 8.83. The lowest BCUT2D eigenvalue weighted by Gasteiger charge is -2.19. The van der Waals surface area contributed by atoms with Crippen molar-refractivity contribution in [3.8, 4) is 11.6 Å². The van der Waals surface area contributed by atoms with Gasteiger partial charge in [0.25, 0.3) is 5.88 Å². The van der Waals surface area contributed by atoms with Crippen LogP contribution in [0.3, 0.4) is 0 Å². The van der Waals surface area contributed by atoms with E-state index >= 15 is 0 Å². The van der Waals surface area contributed by atoms with E-state index in [0.29, 0.717) is 22.7 Å². The number of hydrogen-bond donors (Lipinski definition) is 1. The summed E-state index contributed by atoms with van der Waals surface area (Å²) >= 11 is 0. The second-order valence-electron chi connectivity index (χ2n) is 6.69. The highest BCUT2D eigenvalue weighted by Crippen LogP contribution is 2.34. The van der Waals surface area contributed by atoms with Gasteiger partial charge in [0.05, 0.1) is 5.54 Å². The zero-order chi connectivity index (χ0) is 16.8. The highest BCUT2D eigenvalue weighted by molar-refractivity contribution is 5.91. The number of nitrogens with zero attached hydrogens (tertiary/aromatic N) is 4. The first kappa shape index (κ1) is 15.3. The molecule has 120 valence electrons. The average Bonchev–Trinajstić information content (AvgIpc) is 2.83. The molecule has 2 heterocycles. The van der Waals surface area contributed by atoms with Crippen molar-refractivity contribution in [3.63, 3.8) is 0 Å². The SMILES string of the molecule is Cc1ccc(Oc2nn(C(C)(C)C)c3ncnc(N)c23)cc1C. The smallest absolute Gasteiger partial charge is 0.251 e. The van der Waals surface area contributed by atoms with Crippen LogP contribution in [0.4, 0.5) is 5.82 Å². The second kappa shape index (κ2) is 5.22.